The predicted molar refractivity (Wildman–Crippen MR) is 85.9 cm³/mol. The third-order valence-electron chi connectivity index (χ3n) is 3.07. The Morgan fingerprint density at radius 1 is 0.800 bits per heavy atom. The summed E-state index contributed by atoms with van der Waals surface area (Å²) in [5.74, 6) is -3.10. The van der Waals surface area contributed by atoms with Crippen molar-refractivity contribution in [2.24, 2.45) is 0 Å². The second-order valence-electron chi connectivity index (χ2n) is 5.06. The minimum Gasteiger partial charge on any atom is -0.478 e. The van der Waals surface area contributed by atoms with E-state index in [0.29, 0.717) is 0 Å². The number of ether oxygens (including phenoxy) is 2. The average Bonchev–Trinajstić information content (AvgIpc) is 2.52. The van der Waals surface area contributed by atoms with Crippen LogP contribution in [0.4, 0.5) is 0 Å². The van der Waals surface area contributed by atoms with Gasteiger partial charge in [-0.05, 0) is 18.2 Å². The van der Waals surface area contributed by atoms with Gasteiger partial charge in [0.2, 0.25) is 0 Å². The zero-order valence-electron chi connectivity index (χ0n) is 13.4. The summed E-state index contributed by atoms with van der Waals surface area (Å²) in [6.45, 7) is 2.36. The van der Waals surface area contributed by atoms with Crippen LogP contribution in [0.5, 0.6) is 11.5 Å². The molecule has 0 aliphatic rings. The van der Waals surface area contributed by atoms with Crippen LogP contribution in [0.2, 0.25) is 0 Å². The van der Waals surface area contributed by atoms with E-state index in [9.17, 15) is 24.3 Å². The number of benzene rings is 2. The molecule has 0 radical (unpaired) electrons. The molecule has 0 amide bonds. The van der Waals surface area contributed by atoms with Crippen LogP contribution in [0.25, 0.3) is 0 Å². The first kappa shape index (κ1) is 17.9. The molecule has 0 atom stereocenters. The van der Waals surface area contributed by atoms with E-state index in [-0.39, 0.29) is 28.2 Å². The van der Waals surface area contributed by atoms with E-state index in [2.05, 4.69) is 0 Å². The summed E-state index contributed by atoms with van der Waals surface area (Å²) in [6.07, 6.45) is 0. The van der Waals surface area contributed by atoms with Gasteiger partial charge >= 0.3 is 17.9 Å². The molecule has 0 fully saturated rings. The van der Waals surface area contributed by atoms with E-state index < -0.39 is 23.7 Å². The topological polar surface area (TPSA) is 107 Å². The highest BCUT2D eigenvalue weighted by molar-refractivity contribution is 6.14. The largest absolute Gasteiger partial charge is 0.478 e. The van der Waals surface area contributed by atoms with Gasteiger partial charge in [0.05, 0.1) is 5.56 Å². The van der Waals surface area contributed by atoms with Crippen molar-refractivity contribution in [1.82, 2.24) is 0 Å². The quantitative estimate of drug-likeness (QED) is 0.505. The van der Waals surface area contributed by atoms with Crippen LogP contribution in [-0.4, -0.2) is 28.8 Å². The van der Waals surface area contributed by atoms with Gasteiger partial charge in [-0.2, -0.15) is 0 Å². The number of esters is 2. The highest BCUT2D eigenvalue weighted by Gasteiger charge is 2.19. The molecule has 0 saturated carbocycles. The highest BCUT2D eigenvalue weighted by atomic mass is 16.5. The summed E-state index contributed by atoms with van der Waals surface area (Å²) >= 11 is 0. The molecule has 0 aromatic heterocycles. The summed E-state index contributed by atoms with van der Waals surface area (Å²) in [4.78, 5) is 46.3. The van der Waals surface area contributed by atoms with Gasteiger partial charge in [0.15, 0.2) is 5.78 Å². The average molecular weight is 342 g/mol. The Hall–Kier alpha value is -3.48. The van der Waals surface area contributed by atoms with Crippen molar-refractivity contribution >= 4 is 23.7 Å². The maximum absolute atomic E-state index is 12.7. The Kier molecular flexibility index (Phi) is 5.28. The van der Waals surface area contributed by atoms with Crippen molar-refractivity contribution in [1.29, 1.82) is 0 Å². The molecular formula is C18H14O7. The molecular weight excluding hydrogens is 328 g/mol. The lowest BCUT2D eigenvalue weighted by Gasteiger charge is -2.10. The zero-order chi connectivity index (χ0) is 18.6. The molecule has 7 nitrogen and oxygen atoms in total. The van der Waals surface area contributed by atoms with Gasteiger partial charge in [-0.25, -0.2) is 4.79 Å². The summed E-state index contributed by atoms with van der Waals surface area (Å²) in [7, 11) is 0. The number of ketones is 1. The van der Waals surface area contributed by atoms with Crippen molar-refractivity contribution in [3.63, 3.8) is 0 Å². The van der Waals surface area contributed by atoms with E-state index in [1.54, 1.807) is 0 Å². The third kappa shape index (κ3) is 4.51. The zero-order valence-corrected chi connectivity index (χ0v) is 13.4. The fourth-order valence-corrected chi connectivity index (χ4v) is 2.18. The van der Waals surface area contributed by atoms with Crippen LogP contribution in [-0.2, 0) is 9.59 Å². The maximum Gasteiger partial charge on any atom is 0.336 e. The molecule has 7 heteroatoms. The minimum atomic E-state index is -1.25. The highest BCUT2D eigenvalue weighted by Crippen LogP contribution is 2.26. The first-order valence-corrected chi connectivity index (χ1v) is 7.17. The summed E-state index contributed by atoms with van der Waals surface area (Å²) in [6, 6.07) is 9.53. The van der Waals surface area contributed by atoms with Gasteiger partial charge in [-0.15, -0.1) is 0 Å². The lowest BCUT2D eigenvalue weighted by atomic mass is 9.98. The van der Waals surface area contributed by atoms with E-state index >= 15 is 0 Å². The lowest BCUT2D eigenvalue weighted by molar-refractivity contribution is -0.132. The van der Waals surface area contributed by atoms with Gasteiger partial charge in [-0.3, -0.25) is 14.4 Å². The maximum atomic E-state index is 12.7. The number of carboxylic acids is 1. The number of rotatable bonds is 5. The van der Waals surface area contributed by atoms with Gasteiger partial charge < -0.3 is 14.6 Å². The third-order valence-corrected chi connectivity index (χ3v) is 3.07. The molecule has 0 aliphatic heterocycles. The molecule has 0 spiro atoms. The molecule has 128 valence electrons. The van der Waals surface area contributed by atoms with Crippen LogP contribution in [0.15, 0.2) is 42.5 Å². The van der Waals surface area contributed by atoms with Gasteiger partial charge in [0, 0.05) is 31.0 Å². The minimum absolute atomic E-state index is 0.00223. The molecule has 0 unspecified atom stereocenters. The number of carboxylic acid groups (broad SMARTS) is 1. The molecule has 0 bridgehead atoms. The number of hydrogen-bond acceptors (Lipinski definition) is 6. The van der Waals surface area contributed by atoms with E-state index in [1.807, 2.05) is 0 Å². The first-order chi connectivity index (χ1) is 11.8. The Bertz CT molecular complexity index is 833. The van der Waals surface area contributed by atoms with Gasteiger partial charge in [-0.1, -0.05) is 18.2 Å². The normalized spacial score (nSPS) is 10.0. The second kappa shape index (κ2) is 7.39. The van der Waals surface area contributed by atoms with Crippen molar-refractivity contribution in [2.45, 2.75) is 13.8 Å². The lowest BCUT2D eigenvalue weighted by Crippen LogP contribution is -2.11. The monoisotopic (exact) mass is 342 g/mol. The van der Waals surface area contributed by atoms with Gasteiger partial charge in [0.25, 0.3) is 0 Å². The van der Waals surface area contributed by atoms with Crippen LogP contribution in [0.1, 0.15) is 40.1 Å². The Morgan fingerprint density at radius 2 is 1.28 bits per heavy atom. The van der Waals surface area contributed by atoms with Crippen LogP contribution in [0.3, 0.4) is 0 Å². The summed E-state index contributed by atoms with van der Waals surface area (Å²) < 4.78 is 9.88. The van der Waals surface area contributed by atoms with Crippen LogP contribution >= 0.6 is 0 Å². The molecule has 0 saturated heterocycles. The second-order valence-corrected chi connectivity index (χ2v) is 5.06. The van der Waals surface area contributed by atoms with E-state index in [0.717, 1.165) is 0 Å². The first-order valence-electron chi connectivity index (χ1n) is 7.17. The summed E-state index contributed by atoms with van der Waals surface area (Å²) in [5.41, 5.74) is -0.188. The van der Waals surface area contributed by atoms with Crippen molar-refractivity contribution in [3.8, 4) is 11.5 Å². The number of aromatic carboxylic acids is 1. The molecule has 1 N–H and O–H groups in total. The van der Waals surface area contributed by atoms with Crippen molar-refractivity contribution in [2.75, 3.05) is 0 Å². The Labute approximate surface area is 142 Å². The van der Waals surface area contributed by atoms with E-state index in [1.165, 1.54) is 56.3 Å². The SMILES string of the molecule is CC(=O)Oc1cc(OC(C)=O)cc(C(=O)c2ccccc2C(=O)O)c1. The van der Waals surface area contributed by atoms with Crippen LogP contribution in [0, 0.1) is 0 Å². The molecule has 25 heavy (non-hydrogen) atoms. The van der Waals surface area contributed by atoms with E-state index in [4.69, 9.17) is 9.47 Å². The standard InChI is InChI=1S/C18H14O7/c1-10(19)24-13-7-12(8-14(9-13)25-11(2)20)17(21)15-5-3-4-6-16(15)18(22)23/h3-9H,1-2H3,(H,22,23). The molecule has 2 rings (SSSR count). The number of carbonyl (C=O) groups is 4. The molecule has 0 aliphatic carbocycles. The van der Waals surface area contributed by atoms with Gasteiger partial charge in [0.1, 0.15) is 11.5 Å². The fraction of sp³-hybridized carbons (Fsp3) is 0.111. The Morgan fingerprint density at radius 3 is 1.72 bits per heavy atom. The molecule has 2 aromatic rings. The predicted octanol–water partition coefficient (Wildman–Crippen LogP) is 2.47. The molecule has 0 heterocycles. The fourth-order valence-electron chi connectivity index (χ4n) is 2.18. The molecule has 2 aromatic carbocycles. The number of hydrogen-bond donors (Lipinski definition) is 1. The smallest absolute Gasteiger partial charge is 0.336 e. The van der Waals surface area contributed by atoms with Crippen molar-refractivity contribution in [3.05, 3.63) is 59.2 Å². The summed E-state index contributed by atoms with van der Waals surface area (Å²) in [5, 5.41) is 9.22. The van der Waals surface area contributed by atoms with Crippen molar-refractivity contribution < 1.29 is 33.8 Å². The van der Waals surface area contributed by atoms with Crippen LogP contribution < -0.4 is 9.47 Å². The Balaban J connectivity index is 2.53. The number of carbonyl (C=O) groups excluding carboxylic acids is 3.